The van der Waals surface area contributed by atoms with Gasteiger partial charge in [-0.2, -0.15) is 0 Å². The van der Waals surface area contributed by atoms with Gasteiger partial charge >= 0.3 is 0 Å². The Morgan fingerprint density at radius 2 is 1.94 bits per heavy atom. The third-order valence-corrected chi connectivity index (χ3v) is 2.34. The fourth-order valence-electron chi connectivity index (χ4n) is 1.47. The minimum absolute atomic E-state index is 0.462. The van der Waals surface area contributed by atoms with Crippen LogP contribution in [0.2, 0.25) is 0 Å². The van der Waals surface area contributed by atoms with E-state index >= 15 is 0 Å². The van der Waals surface area contributed by atoms with Gasteiger partial charge in [0.1, 0.15) is 17.7 Å². The number of nitrogens with zero attached hydrogens (tertiary/aromatic N) is 1. The topological polar surface area (TPSA) is 44.5 Å². The lowest BCUT2D eigenvalue weighted by Crippen LogP contribution is -1.94. The number of aromatic nitrogens is 1. The second-order valence-electron chi connectivity index (χ2n) is 3.70. The summed E-state index contributed by atoms with van der Waals surface area (Å²) in [6.07, 6.45) is 1.61. The van der Waals surface area contributed by atoms with E-state index in [0.717, 1.165) is 17.0 Å². The van der Waals surface area contributed by atoms with E-state index in [0.29, 0.717) is 19.1 Å². The Morgan fingerprint density at radius 1 is 1.18 bits per heavy atom. The maximum absolute atomic E-state index is 5.53. The lowest BCUT2D eigenvalue weighted by Gasteiger charge is -2.03. The van der Waals surface area contributed by atoms with Gasteiger partial charge in [-0.25, -0.2) is 4.98 Å². The van der Waals surface area contributed by atoms with E-state index in [-0.39, 0.29) is 0 Å². The van der Waals surface area contributed by atoms with Gasteiger partial charge in [0.15, 0.2) is 5.89 Å². The van der Waals surface area contributed by atoms with E-state index in [1.54, 1.807) is 13.4 Å². The number of aryl methyl sites for hydroxylation is 1. The molecule has 0 aliphatic rings. The first kappa shape index (κ1) is 11.7. The zero-order valence-electron chi connectivity index (χ0n) is 9.97. The molecule has 0 radical (unpaired) electrons. The smallest absolute Gasteiger partial charge is 0.191 e. The lowest BCUT2D eigenvalue weighted by molar-refractivity contribution is 0.104. The first-order valence-electron chi connectivity index (χ1n) is 5.39. The summed E-state index contributed by atoms with van der Waals surface area (Å²) in [5.41, 5.74) is 1.92. The largest absolute Gasteiger partial charge is 0.497 e. The van der Waals surface area contributed by atoms with Gasteiger partial charge in [-0.05, 0) is 17.7 Å². The lowest BCUT2D eigenvalue weighted by atomic mass is 10.2. The summed E-state index contributed by atoms with van der Waals surface area (Å²) in [7, 11) is 1.65. The molecular formula is C13H15NO3. The highest BCUT2D eigenvalue weighted by Crippen LogP contribution is 2.12. The number of oxazole rings is 1. The highest BCUT2D eigenvalue weighted by Gasteiger charge is 2.00. The fourth-order valence-corrected chi connectivity index (χ4v) is 1.47. The normalized spacial score (nSPS) is 10.5. The zero-order valence-corrected chi connectivity index (χ0v) is 9.97. The van der Waals surface area contributed by atoms with Gasteiger partial charge in [0.05, 0.1) is 20.3 Å². The molecule has 0 saturated carbocycles. The summed E-state index contributed by atoms with van der Waals surface area (Å²) in [6, 6.07) is 7.79. The van der Waals surface area contributed by atoms with Crippen molar-refractivity contribution in [3.63, 3.8) is 0 Å². The van der Waals surface area contributed by atoms with Crippen molar-refractivity contribution in [3.8, 4) is 5.75 Å². The van der Waals surface area contributed by atoms with Crippen LogP contribution in [0, 0.1) is 6.92 Å². The van der Waals surface area contributed by atoms with Crippen LogP contribution >= 0.6 is 0 Å². The summed E-state index contributed by atoms with van der Waals surface area (Å²) in [6.45, 7) is 2.83. The minimum Gasteiger partial charge on any atom is -0.497 e. The van der Waals surface area contributed by atoms with E-state index in [2.05, 4.69) is 4.98 Å². The van der Waals surface area contributed by atoms with Gasteiger partial charge < -0.3 is 13.9 Å². The number of benzene rings is 1. The Labute approximate surface area is 100 Å². The molecule has 0 fully saturated rings. The molecule has 17 heavy (non-hydrogen) atoms. The summed E-state index contributed by atoms with van der Waals surface area (Å²) in [5.74, 6) is 1.51. The molecule has 0 unspecified atom stereocenters. The van der Waals surface area contributed by atoms with Crippen molar-refractivity contribution in [1.82, 2.24) is 4.98 Å². The molecule has 0 spiro atoms. The molecule has 0 aliphatic heterocycles. The van der Waals surface area contributed by atoms with Crippen LogP contribution in [-0.2, 0) is 18.0 Å². The molecule has 2 aromatic rings. The van der Waals surface area contributed by atoms with E-state index in [9.17, 15) is 0 Å². The van der Waals surface area contributed by atoms with Gasteiger partial charge in [-0.1, -0.05) is 12.1 Å². The molecule has 1 heterocycles. The number of rotatable bonds is 5. The molecule has 2 rings (SSSR count). The Morgan fingerprint density at radius 3 is 2.53 bits per heavy atom. The Hall–Kier alpha value is -1.81. The van der Waals surface area contributed by atoms with Crippen molar-refractivity contribution >= 4 is 0 Å². The molecule has 90 valence electrons. The van der Waals surface area contributed by atoms with Crippen LogP contribution in [-0.4, -0.2) is 12.1 Å². The Kier molecular flexibility index (Phi) is 3.77. The van der Waals surface area contributed by atoms with Crippen molar-refractivity contribution < 1.29 is 13.9 Å². The van der Waals surface area contributed by atoms with Crippen LogP contribution < -0.4 is 4.74 Å². The maximum atomic E-state index is 5.53. The second kappa shape index (κ2) is 5.50. The third kappa shape index (κ3) is 3.32. The van der Waals surface area contributed by atoms with Crippen molar-refractivity contribution in [2.24, 2.45) is 0 Å². The van der Waals surface area contributed by atoms with Crippen LogP contribution in [0.15, 0.2) is 34.9 Å². The van der Waals surface area contributed by atoms with Crippen molar-refractivity contribution in [1.29, 1.82) is 0 Å². The number of ether oxygens (including phenoxy) is 2. The van der Waals surface area contributed by atoms with Crippen LogP contribution in [0.5, 0.6) is 5.75 Å². The molecular weight excluding hydrogens is 218 g/mol. The molecule has 0 saturated heterocycles. The first-order valence-corrected chi connectivity index (χ1v) is 5.39. The second-order valence-corrected chi connectivity index (χ2v) is 3.70. The number of methoxy groups -OCH3 is 1. The first-order chi connectivity index (χ1) is 8.28. The molecule has 0 atom stereocenters. The zero-order chi connectivity index (χ0) is 12.1. The average Bonchev–Trinajstić information content (AvgIpc) is 2.76. The number of hydrogen-bond donors (Lipinski definition) is 0. The summed E-state index contributed by atoms with van der Waals surface area (Å²) in [4.78, 5) is 4.16. The molecule has 4 nitrogen and oxygen atoms in total. The quantitative estimate of drug-likeness (QED) is 0.796. The fraction of sp³-hybridized carbons (Fsp3) is 0.308. The molecule has 0 aliphatic carbocycles. The third-order valence-electron chi connectivity index (χ3n) is 2.34. The predicted octanol–water partition coefficient (Wildman–Crippen LogP) is 2.71. The molecule has 1 aromatic heterocycles. The Bertz CT molecular complexity index is 462. The summed E-state index contributed by atoms with van der Waals surface area (Å²) in [5, 5.41) is 0. The molecule has 1 aromatic carbocycles. The van der Waals surface area contributed by atoms with Crippen LogP contribution in [0.3, 0.4) is 0 Å². The van der Waals surface area contributed by atoms with E-state index in [1.165, 1.54) is 0 Å². The van der Waals surface area contributed by atoms with Gasteiger partial charge in [-0.15, -0.1) is 0 Å². The van der Waals surface area contributed by atoms with Gasteiger partial charge in [0.2, 0.25) is 0 Å². The Balaban J connectivity index is 1.81. The highest BCUT2D eigenvalue weighted by atomic mass is 16.5. The van der Waals surface area contributed by atoms with Crippen molar-refractivity contribution in [2.45, 2.75) is 20.1 Å². The molecule has 0 bridgehead atoms. The SMILES string of the molecule is COc1ccc(COCc2coc(C)n2)cc1. The standard InChI is InChI=1S/C13H15NO3/c1-10-14-12(9-17-10)8-16-7-11-3-5-13(15-2)6-4-11/h3-6,9H,7-8H2,1-2H3. The highest BCUT2D eigenvalue weighted by molar-refractivity contribution is 5.26. The van der Waals surface area contributed by atoms with Crippen LogP contribution in [0.4, 0.5) is 0 Å². The average molecular weight is 233 g/mol. The maximum Gasteiger partial charge on any atom is 0.191 e. The van der Waals surface area contributed by atoms with Gasteiger partial charge in [0.25, 0.3) is 0 Å². The van der Waals surface area contributed by atoms with Gasteiger partial charge in [0, 0.05) is 6.92 Å². The summed E-state index contributed by atoms with van der Waals surface area (Å²) < 4.78 is 15.7. The van der Waals surface area contributed by atoms with Crippen LogP contribution in [0.1, 0.15) is 17.1 Å². The van der Waals surface area contributed by atoms with Gasteiger partial charge in [-0.3, -0.25) is 0 Å². The van der Waals surface area contributed by atoms with E-state index in [1.807, 2.05) is 31.2 Å². The monoisotopic (exact) mass is 233 g/mol. The van der Waals surface area contributed by atoms with Crippen molar-refractivity contribution in [2.75, 3.05) is 7.11 Å². The molecule has 0 amide bonds. The van der Waals surface area contributed by atoms with Crippen molar-refractivity contribution in [3.05, 3.63) is 47.7 Å². The van der Waals surface area contributed by atoms with E-state index in [4.69, 9.17) is 13.9 Å². The number of hydrogen-bond acceptors (Lipinski definition) is 4. The molecule has 4 heteroatoms. The minimum atomic E-state index is 0.462. The predicted molar refractivity (Wildman–Crippen MR) is 62.7 cm³/mol. The molecule has 0 N–H and O–H groups in total. The van der Waals surface area contributed by atoms with E-state index < -0.39 is 0 Å². The summed E-state index contributed by atoms with van der Waals surface area (Å²) >= 11 is 0. The van der Waals surface area contributed by atoms with Crippen LogP contribution in [0.25, 0.3) is 0 Å².